The molecule has 1 nitrogen and oxygen atoms in total. The van der Waals surface area contributed by atoms with Crippen LogP contribution in [0.3, 0.4) is 0 Å². The first-order valence-electron chi connectivity index (χ1n) is 6.75. The van der Waals surface area contributed by atoms with Crippen LogP contribution < -0.4 is 0 Å². The third-order valence-corrected chi connectivity index (χ3v) is 4.20. The van der Waals surface area contributed by atoms with E-state index in [2.05, 4.69) is 62.5 Å². The van der Waals surface area contributed by atoms with Gasteiger partial charge in [0.25, 0.3) is 0 Å². The van der Waals surface area contributed by atoms with Crippen LogP contribution in [0.1, 0.15) is 29.9 Å². The van der Waals surface area contributed by atoms with E-state index in [1.165, 1.54) is 16.0 Å². The molecule has 0 fully saturated rings. The molecule has 0 aliphatic carbocycles. The van der Waals surface area contributed by atoms with Crippen LogP contribution in [0.15, 0.2) is 46.8 Å². The van der Waals surface area contributed by atoms with E-state index in [0.717, 1.165) is 18.7 Å². The van der Waals surface area contributed by atoms with Gasteiger partial charge in [0.2, 0.25) is 0 Å². The molecule has 0 saturated heterocycles. The average Bonchev–Trinajstić information content (AvgIpc) is 2.93. The van der Waals surface area contributed by atoms with Gasteiger partial charge in [-0.2, -0.15) is 0 Å². The minimum absolute atomic E-state index is 0.581. The molecule has 2 rings (SSSR count). The van der Waals surface area contributed by atoms with E-state index in [4.69, 9.17) is 4.99 Å². The zero-order valence-electron chi connectivity index (χ0n) is 11.9. The minimum Gasteiger partial charge on any atom is -0.288 e. The molecule has 0 radical (unpaired) electrons. The Bertz CT molecular complexity index is 523. The van der Waals surface area contributed by atoms with Crippen molar-refractivity contribution in [3.05, 3.63) is 57.8 Å². The summed E-state index contributed by atoms with van der Waals surface area (Å²) in [5.74, 6) is 0.581. The molecule has 0 saturated carbocycles. The van der Waals surface area contributed by atoms with Crippen molar-refractivity contribution in [2.24, 2.45) is 10.9 Å². The number of aryl methyl sites for hydroxylation is 1. The predicted octanol–water partition coefficient (Wildman–Crippen LogP) is 4.74. The summed E-state index contributed by atoms with van der Waals surface area (Å²) in [4.78, 5) is 5.99. The second-order valence-electron chi connectivity index (χ2n) is 5.20. The maximum atomic E-state index is 4.71. The molecule has 0 bridgehead atoms. The van der Waals surface area contributed by atoms with Gasteiger partial charge in [-0.25, -0.2) is 0 Å². The van der Waals surface area contributed by atoms with Crippen molar-refractivity contribution >= 4 is 17.0 Å². The van der Waals surface area contributed by atoms with Gasteiger partial charge in [-0.3, -0.25) is 4.99 Å². The van der Waals surface area contributed by atoms with E-state index in [0.29, 0.717) is 5.92 Å². The Labute approximate surface area is 120 Å². The van der Waals surface area contributed by atoms with Crippen LogP contribution in [0.4, 0.5) is 0 Å². The van der Waals surface area contributed by atoms with Gasteiger partial charge in [0, 0.05) is 17.1 Å². The van der Waals surface area contributed by atoms with E-state index >= 15 is 0 Å². The maximum absolute atomic E-state index is 4.71. The Balaban J connectivity index is 1.89. The van der Waals surface area contributed by atoms with E-state index in [1.54, 1.807) is 11.3 Å². The van der Waals surface area contributed by atoms with Crippen molar-refractivity contribution in [2.45, 2.75) is 27.2 Å². The highest BCUT2D eigenvalue weighted by molar-refractivity contribution is 7.12. The smallest absolute Gasteiger partial charge is 0.0489 e. The molecule has 0 N–H and O–H groups in total. The number of hydrogen-bond acceptors (Lipinski definition) is 2. The van der Waals surface area contributed by atoms with E-state index < -0.39 is 0 Å². The van der Waals surface area contributed by atoms with Gasteiger partial charge in [-0.05, 0) is 43.2 Å². The molecule has 2 aromatic rings. The molecule has 1 aromatic carbocycles. The molecule has 1 aromatic heterocycles. The van der Waals surface area contributed by atoms with Crippen LogP contribution in [-0.4, -0.2) is 12.3 Å². The Kier molecular flexibility index (Phi) is 4.92. The Morgan fingerprint density at radius 1 is 1.21 bits per heavy atom. The first-order valence-corrected chi connectivity index (χ1v) is 7.63. The Hall–Kier alpha value is -1.41. The van der Waals surface area contributed by atoms with Crippen LogP contribution in [0.5, 0.6) is 0 Å². The second kappa shape index (κ2) is 6.67. The monoisotopic (exact) mass is 271 g/mol. The zero-order valence-corrected chi connectivity index (χ0v) is 12.7. The third kappa shape index (κ3) is 4.32. The van der Waals surface area contributed by atoms with Crippen molar-refractivity contribution in [3.8, 4) is 0 Å². The molecular weight excluding hydrogens is 250 g/mol. The average molecular weight is 271 g/mol. The van der Waals surface area contributed by atoms with Crippen molar-refractivity contribution < 1.29 is 0 Å². The lowest BCUT2D eigenvalue weighted by Crippen LogP contribution is -2.06. The number of nitrogens with zero attached hydrogens (tertiary/aromatic N) is 1. The van der Waals surface area contributed by atoms with E-state index in [1.807, 2.05) is 0 Å². The number of benzene rings is 1. The molecule has 0 amide bonds. The van der Waals surface area contributed by atoms with E-state index in [9.17, 15) is 0 Å². The standard InChI is InChI=1S/C17H21NS/c1-13-6-8-16(9-7-13)11-14(2)12-18-15(3)17-5-4-10-19-17/h4-10,14H,11-12H2,1-3H3/b18-15+/t14-/m0/s1. The molecule has 100 valence electrons. The summed E-state index contributed by atoms with van der Waals surface area (Å²) >= 11 is 1.76. The quantitative estimate of drug-likeness (QED) is 0.696. The van der Waals surface area contributed by atoms with Gasteiger partial charge in [0.15, 0.2) is 0 Å². The fraction of sp³-hybridized carbons (Fsp3) is 0.353. The van der Waals surface area contributed by atoms with Crippen LogP contribution in [-0.2, 0) is 6.42 Å². The third-order valence-electron chi connectivity index (χ3n) is 3.22. The van der Waals surface area contributed by atoms with Gasteiger partial charge in [-0.1, -0.05) is 42.8 Å². The zero-order chi connectivity index (χ0) is 13.7. The number of hydrogen-bond donors (Lipinski definition) is 0. The molecule has 0 unspecified atom stereocenters. The Morgan fingerprint density at radius 3 is 2.58 bits per heavy atom. The molecule has 2 heteroatoms. The summed E-state index contributed by atoms with van der Waals surface area (Å²) < 4.78 is 0. The van der Waals surface area contributed by atoms with Crippen molar-refractivity contribution in [2.75, 3.05) is 6.54 Å². The molecule has 0 spiro atoms. The van der Waals surface area contributed by atoms with Crippen LogP contribution in [0.2, 0.25) is 0 Å². The highest BCUT2D eigenvalue weighted by Gasteiger charge is 2.04. The fourth-order valence-corrected chi connectivity index (χ4v) is 2.74. The van der Waals surface area contributed by atoms with Gasteiger partial charge >= 0.3 is 0 Å². The Morgan fingerprint density at radius 2 is 1.95 bits per heavy atom. The van der Waals surface area contributed by atoms with Gasteiger partial charge in [0.1, 0.15) is 0 Å². The number of rotatable bonds is 5. The summed E-state index contributed by atoms with van der Waals surface area (Å²) in [7, 11) is 0. The first-order chi connectivity index (χ1) is 9.15. The highest BCUT2D eigenvalue weighted by atomic mass is 32.1. The predicted molar refractivity (Wildman–Crippen MR) is 85.4 cm³/mol. The van der Waals surface area contributed by atoms with Gasteiger partial charge in [-0.15, -0.1) is 11.3 Å². The van der Waals surface area contributed by atoms with Gasteiger partial charge in [0.05, 0.1) is 0 Å². The van der Waals surface area contributed by atoms with Crippen LogP contribution >= 0.6 is 11.3 Å². The number of thiophene rings is 1. The van der Waals surface area contributed by atoms with Gasteiger partial charge < -0.3 is 0 Å². The summed E-state index contributed by atoms with van der Waals surface area (Å²) in [5.41, 5.74) is 3.88. The summed E-state index contributed by atoms with van der Waals surface area (Å²) in [6.07, 6.45) is 1.10. The van der Waals surface area contributed by atoms with Crippen molar-refractivity contribution in [3.63, 3.8) is 0 Å². The lowest BCUT2D eigenvalue weighted by Gasteiger charge is -2.09. The number of aliphatic imine (C=N–C) groups is 1. The largest absolute Gasteiger partial charge is 0.288 e. The van der Waals surface area contributed by atoms with Crippen LogP contribution in [0, 0.1) is 12.8 Å². The fourth-order valence-electron chi connectivity index (χ4n) is 2.05. The molecule has 0 aliphatic rings. The first kappa shape index (κ1) is 14.0. The van der Waals surface area contributed by atoms with Crippen molar-refractivity contribution in [1.29, 1.82) is 0 Å². The second-order valence-corrected chi connectivity index (χ2v) is 6.15. The lowest BCUT2D eigenvalue weighted by atomic mass is 10.0. The van der Waals surface area contributed by atoms with Crippen molar-refractivity contribution in [1.82, 2.24) is 0 Å². The molecule has 1 heterocycles. The maximum Gasteiger partial charge on any atom is 0.0489 e. The highest BCUT2D eigenvalue weighted by Crippen LogP contribution is 2.13. The molecular formula is C17H21NS. The molecule has 1 atom stereocenters. The SMILES string of the molecule is C/C(=N\C[C@@H](C)Cc1ccc(C)cc1)c1cccs1. The molecule has 0 aliphatic heterocycles. The summed E-state index contributed by atoms with van der Waals surface area (Å²) in [5, 5.41) is 2.10. The molecule has 19 heavy (non-hydrogen) atoms. The van der Waals surface area contributed by atoms with E-state index in [-0.39, 0.29) is 0 Å². The van der Waals surface area contributed by atoms with Crippen LogP contribution in [0.25, 0.3) is 0 Å². The summed E-state index contributed by atoms with van der Waals surface area (Å²) in [6.45, 7) is 7.40. The lowest BCUT2D eigenvalue weighted by molar-refractivity contribution is 0.594. The summed E-state index contributed by atoms with van der Waals surface area (Å²) in [6, 6.07) is 13.0. The normalized spacial score (nSPS) is 13.5. The topological polar surface area (TPSA) is 12.4 Å². The minimum atomic E-state index is 0.581.